The van der Waals surface area contributed by atoms with E-state index in [0.29, 0.717) is 10.8 Å². The SMILES string of the molecule is O=C(C=Cc1ccccc1Cl)Oc1ccc(Br)cc1. The molecule has 0 unspecified atom stereocenters. The molecule has 0 bridgehead atoms. The molecule has 2 rings (SSSR count). The van der Waals surface area contributed by atoms with Crippen LogP contribution in [0.4, 0.5) is 0 Å². The van der Waals surface area contributed by atoms with Crippen molar-refractivity contribution in [2.75, 3.05) is 0 Å². The second-order valence-electron chi connectivity index (χ2n) is 3.73. The van der Waals surface area contributed by atoms with Crippen LogP contribution in [-0.2, 0) is 4.79 Å². The molecular weight excluding hydrogens is 328 g/mol. The minimum Gasteiger partial charge on any atom is -0.423 e. The molecule has 0 aliphatic rings. The van der Waals surface area contributed by atoms with Crippen LogP contribution < -0.4 is 4.74 Å². The number of benzene rings is 2. The van der Waals surface area contributed by atoms with E-state index in [1.807, 2.05) is 18.2 Å². The Morgan fingerprint density at radius 2 is 1.79 bits per heavy atom. The van der Waals surface area contributed by atoms with Crippen LogP contribution in [0.15, 0.2) is 59.1 Å². The summed E-state index contributed by atoms with van der Waals surface area (Å²) in [5.41, 5.74) is 0.775. The molecular formula is C15H10BrClO2. The van der Waals surface area contributed by atoms with Gasteiger partial charge in [-0.15, -0.1) is 0 Å². The number of rotatable bonds is 3. The molecule has 0 fully saturated rings. The second kappa shape index (κ2) is 6.55. The van der Waals surface area contributed by atoms with Crippen molar-refractivity contribution in [1.82, 2.24) is 0 Å². The smallest absolute Gasteiger partial charge is 0.336 e. The van der Waals surface area contributed by atoms with E-state index in [1.54, 1.807) is 36.4 Å². The highest BCUT2D eigenvalue weighted by Gasteiger charge is 2.01. The minimum absolute atomic E-state index is 0.442. The maximum atomic E-state index is 11.6. The van der Waals surface area contributed by atoms with Crippen LogP contribution in [0, 0.1) is 0 Å². The van der Waals surface area contributed by atoms with E-state index in [9.17, 15) is 4.79 Å². The van der Waals surface area contributed by atoms with Crippen molar-refractivity contribution >= 4 is 39.6 Å². The first kappa shape index (κ1) is 13.8. The Morgan fingerprint density at radius 1 is 1.11 bits per heavy atom. The highest BCUT2D eigenvalue weighted by atomic mass is 79.9. The summed E-state index contributed by atoms with van der Waals surface area (Å²) in [6, 6.07) is 14.3. The Balaban J connectivity index is 2.02. The number of hydrogen-bond acceptors (Lipinski definition) is 2. The summed E-state index contributed by atoms with van der Waals surface area (Å²) in [6.07, 6.45) is 2.98. The minimum atomic E-state index is -0.442. The van der Waals surface area contributed by atoms with Gasteiger partial charge in [-0.2, -0.15) is 0 Å². The largest absolute Gasteiger partial charge is 0.423 e. The predicted octanol–water partition coefficient (Wildman–Crippen LogP) is 4.72. The first-order valence-corrected chi connectivity index (χ1v) is 6.72. The Bertz CT molecular complexity index is 606. The van der Waals surface area contributed by atoms with Gasteiger partial charge < -0.3 is 4.74 Å². The van der Waals surface area contributed by atoms with E-state index in [0.717, 1.165) is 10.0 Å². The van der Waals surface area contributed by atoms with Crippen molar-refractivity contribution in [3.8, 4) is 5.75 Å². The molecule has 0 N–H and O–H groups in total. The molecule has 96 valence electrons. The first-order valence-electron chi connectivity index (χ1n) is 5.55. The molecule has 19 heavy (non-hydrogen) atoms. The van der Waals surface area contributed by atoms with Crippen LogP contribution in [-0.4, -0.2) is 5.97 Å². The topological polar surface area (TPSA) is 26.3 Å². The molecule has 2 nitrogen and oxygen atoms in total. The summed E-state index contributed by atoms with van der Waals surface area (Å²) < 4.78 is 6.07. The van der Waals surface area contributed by atoms with Crippen molar-refractivity contribution in [3.63, 3.8) is 0 Å². The molecule has 0 heterocycles. The molecule has 0 saturated carbocycles. The molecule has 0 radical (unpaired) electrons. The van der Waals surface area contributed by atoms with Gasteiger partial charge in [-0.1, -0.05) is 45.7 Å². The van der Waals surface area contributed by atoms with Crippen molar-refractivity contribution in [3.05, 3.63) is 69.7 Å². The van der Waals surface area contributed by atoms with Crippen LogP contribution in [0.1, 0.15) is 5.56 Å². The summed E-state index contributed by atoms with van der Waals surface area (Å²) in [7, 11) is 0. The number of esters is 1. The van der Waals surface area contributed by atoms with E-state index in [4.69, 9.17) is 16.3 Å². The summed E-state index contributed by atoms with van der Waals surface area (Å²) in [4.78, 5) is 11.6. The average molecular weight is 338 g/mol. The number of carbonyl (C=O) groups excluding carboxylic acids is 1. The van der Waals surface area contributed by atoms with Gasteiger partial charge in [0.15, 0.2) is 0 Å². The molecule has 0 aromatic heterocycles. The van der Waals surface area contributed by atoms with Crippen molar-refractivity contribution in [2.45, 2.75) is 0 Å². The first-order chi connectivity index (χ1) is 9.15. The molecule has 0 saturated heterocycles. The van der Waals surface area contributed by atoms with Crippen molar-refractivity contribution in [1.29, 1.82) is 0 Å². The zero-order valence-electron chi connectivity index (χ0n) is 9.85. The summed E-state index contributed by atoms with van der Waals surface area (Å²) in [6.45, 7) is 0. The number of carbonyl (C=O) groups is 1. The molecule has 2 aromatic rings. The van der Waals surface area contributed by atoms with Crippen LogP contribution in [0.25, 0.3) is 6.08 Å². The van der Waals surface area contributed by atoms with Gasteiger partial charge in [0.2, 0.25) is 0 Å². The lowest BCUT2D eigenvalue weighted by Crippen LogP contribution is -2.03. The highest BCUT2D eigenvalue weighted by Crippen LogP contribution is 2.18. The van der Waals surface area contributed by atoms with E-state index in [1.165, 1.54) is 6.08 Å². The van der Waals surface area contributed by atoms with E-state index in [-0.39, 0.29) is 0 Å². The fourth-order valence-corrected chi connectivity index (χ4v) is 1.88. The maximum Gasteiger partial charge on any atom is 0.336 e. The predicted molar refractivity (Wildman–Crippen MR) is 80.3 cm³/mol. The summed E-state index contributed by atoms with van der Waals surface area (Å²) in [5.74, 6) is 0.0549. The van der Waals surface area contributed by atoms with Gasteiger partial charge >= 0.3 is 5.97 Å². The zero-order valence-corrected chi connectivity index (χ0v) is 12.2. The highest BCUT2D eigenvalue weighted by molar-refractivity contribution is 9.10. The monoisotopic (exact) mass is 336 g/mol. The molecule has 0 atom stereocenters. The lowest BCUT2D eigenvalue weighted by Gasteiger charge is -2.01. The van der Waals surface area contributed by atoms with Gasteiger partial charge in [0, 0.05) is 15.6 Å². The van der Waals surface area contributed by atoms with E-state index >= 15 is 0 Å². The molecule has 0 spiro atoms. The standard InChI is InChI=1S/C15H10BrClO2/c16-12-6-8-13(9-7-12)19-15(18)10-5-11-3-1-2-4-14(11)17/h1-10H. The van der Waals surface area contributed by atoms with Crippen molar-refractivity contribution < 1.29 is 9.53 Å². The molecule has 2 aromatic carbocycles. The average Bonchev–Trinajstić information content (AvgIpc) is 2.40. The normalized spacial score (nSPS) is 10.6. The van der Waals surface area contributed by atoms with Crippen LogP contribution >= 0.6 is 27.5 Å². The molecule has 0 aliphatic heterocycles. The fourth-order valence-electron chi connectivity index (χ4n) is 1.42. The van der Waals surface area contributed by atoms with E-state index < -0.39 is 5.97 Å². The maximum absolute atomic E-state index is 11.6. The third kappa shape index (κ3) is 4.23. The third-order valence-electron chi connectivity index (χ3n) is 2.34. The second-order valence-corrected chi connectivity index (χ2v) is 5.05. The van der Waals surface area contributed by atoms with Gasteiger partial charge in [0.05, 0.1) is 0 Å². The number of halogens is 2. The summed E-state index contributed by atoms with van der Waals surface area (Å²) >= 11 is 9.29. The Morgan fingerprint density at radius 3 is 2.47 bits per heavy atom. The Hall–Kier alpha value is -1.58. The van der Waals surface area contributed by atoms with Gasteiger partial charge in [0.25, 0.3) is 0 Å². The van der Waals surface area contributed by atoms with Gasteiger partial charge in [-0.05, 0) is 42.0 Å². The number of ether oxygens (including phenoxy) is 1. The molecule has 0 amide bonds. The van der Waals surface area contributed by atoms with Crippen LogP contribution in [0.3, 0.4) is 0 Å². The molecule has 4 heteroatoms. The Labute approximate surface area is 124 Å². The van der Waals surface area contributed by atoms with Gasteiger partial charge in [-0.3, -0.25) is 0 Å². The lowest BCUT2D eigenvalue weighted by molar-refractivity contribution is -0.128. The molecule has 0 aliphatic carbocycles. The summed E-state index contributed by atoms with van der Waals surface area (Å²) in [5, 5.41) is 0.593. The fraction of sp³-hybridized carbons (Fsp3) is 0. The van der Waals surface area contributed by atoms with Crippen molar-refractivity contribution in [2.24, 2.45) is 0 Å². The lowest BCUT2D eigenvalue weighted by atomic mass is 10.2. The third-order valence-corrected chi connectivity index (χ3v) is 3.21. The van der Waals surface area contributed by atoms with Gasteiger partial charge in [0.1, 0.15) is 5.75 Å². The number of hydrogen-bond donors (Lipinski definition) is 0. The van der Waals surface area contributed by atoms with Gasteiger partial charge in [-0.25, -0.2) is 4.79 Å². The van der Waals surface area contributed by atoms with E-state index in [2.05, 4.69) is 15.9 Å². The quantitative estimate of drug-likeness (QED) is 0.460. The van der Waals surface area contributed by atoms with Crippen LogP contribution in [0.5, 0.6) is 5.75 Å². The Kier molecular flexibility index (Phi) is 4.77. The zero-order chi connectivity index (χ0) is 13.7. The van der Waals surface area contributed by atoms with Crippen LogP contribution in [0.2, 0.25) is 5.02 Å².